The Morgan fingerprint density at radius 3 is 2.48 bits per heavy atom. The van der Waals surface area contributed by atoms with Gasteiger partial charge in [-0.05, 0) is 18.9 Å². The minimum absolute atomic E-state index is 0. The van der Waals surface area contributed by atoms with Crippen LogP contribution in [0.3, 0.4) is 0 Å². The molecule has 0 aliphatic carbocycles. The molecule has 23 heavy (non-hydrogen) atoms. The van der Waals surface area contributed by atoms with E-state index in [1.165, 1.54) is 5.56 Å². The summed E-state index contributed by atoms with van der Waals surface area (Å²) < 4.78 is 0. The molecule has 0 aliphatic heterocycles. The summed E-state index contributed by atoms with van der Waals surface area (Å²) in [7, 11) is 0. The molecule has 0 spiro atoms. The van der Waals surface area contributed by atoms with Crippen LogP contribution in [-0.4, -0.2) is 24.0 Å². The third kappa shape index (κ3) is 6.47. The molecule has 2 rings (SSSR count). The molecule has 0 radical (unpaired) electrons. The maximum Gasteiger partial charge on any atom is 0.224 e. The Morgan fingerprint density at radius 2 is 1.96 bits per heavy atom. The van der Waals surface area contributed by atoms with Gasteiger partial charge in [0.1, 0.15) is 0 Å². The van der Waals surface area contributed by atoms with Crippen molar-refractivity contribution in [2.45, 2.75) is 20.3 Å². The van der Waals surface area contributed by atoms with Gasteiger partial charge in [-0.15, -0.1) is 36.2 Å². The highest BCUT2D eigenvalue weighted by Crippen LogP contribution is 2.21. The number of aromatic nitrogens is 1. The highest BCUT2D eigenvalue weighted by atomic mass is 35.5. The van der Waals surface area contributed by atoms with Crippen LogP contribution in [0.4, 0.5) is 0 Å². The number of carbonyl (C=O) groups is 1. The second-order valence-corrected chi connectivity index (χ2v) is 6.19. The third-order valence-electron chi connectivity index (χ3n) is 3.38. The average Bonchev–Trinajstić information content (AvgIpc) is 2.93. The Bertz CT molecular complexity index is 602. The molecule has 0 aliphatic rings. The van der Waals surface area contributed by atoms with Crippen molar-refractivity contribution in [3.63, 3.8) is 0 Å². The summed E-state index contributed by atoms with van der Waals surface area (Å²) in [4.78, 5) is 16.1. The number of nitrogens with zero attached hydrogens (tertiary/aromatic N) is 1. The average molecular weight is 376 g/mol. The Morgan fingerprint density at radius 1 is 1.30 bits per heavy atom. The van der Waals surface area contributed by atoms with Gasteiger partial charge in [0, 0.05) is 30.0 Å². The number of hydrogen-bond donors (Lipinski definition) is 2. The molecule has 128 valence electrons. The third-order valence-corrected chi connectivity index (χ3v) is 4.16. The number of halogens is 2. The van der Waals surface area contributed by atoms with Gasteiger partial charge in [0.15, 0.2) is 0 Å². The topological polar surface area (TPSA) is 68.0 Å². The van der Waals surface area contributed by atoms with E-state index in [9.17, 15) is 4.79 Å². The first-order valence-electron chi connectivity index (χ1n) is 7.09. The van der Waals surface area contributed by atoms with E-state index in [1.54, 1.807) is 11.3 Å². The van der Waals surface area contributed by atoms with Gasteiger partial charge in [0.05, 0.1) is 10.7 Å². The van der Waals surface area contributed by atoms with Gasteiger partial charge in [-0.25, -0.2) is 4.98 Å². The van der Waals surface area contributed by atoms with Crippen LogP contribution in [0.5, 0.6) is 0 Å². The van der Waals surface area contributed by atoms with Crippen LogP contribution in [-0.2, 0) is 11.2 Å². The fourth-order valence-electron chi connectivity index (χ4n) is 1.95. The normalized spacial score (nSPS) is 11.1. The van der Waals surface area contributed by atoms with E-state index in [0.717, 1.165) is 22.7 Å². The number of aryl methyl sites for hydroxylation is 1. The SMILES string of the molecule is Cc1nc(-c2ccc(CCNC(=O)C(C)CN)cc2)cs1.Cl.Cl. The summed E-state index contributed by atoms with van der Waals surface area (Å²) in [6.07, 6.45) is 0.819. The van der Waals surface area contributed by atoms with Gasteiger partial charge in [0.2, 0.25) is 5.91 Å². The quantitative estimate of drug-likeness (QED) is 0.814. The molecule has 1 aromatic carbocycles. The Hall–Kier alpha value is -1.14. The smallest absolute Gasteiger partial charge is 0.224 e. The molecule has 7 heteroatoms. The largest absolute Gasteiger partial charge is 0.355 e. The van der Waals surface area contributed by atoms with E-state index in [-0.39, 0.29) is 36.6 Å². The van der Waals surface area contributed by atoms with E-state index in [1.807, 2.05) is 13.8 Å². The first-order chi connectivity index (χ1) is 10.1. The number of hydrogen-bond acceptors (Lipinski definition) is 4. The highest BCUT2D eigenvalue weighted by Gasteiger charge is 2.09. The maximum atomic E-state index is 11.6. The van der Waals surface area contributed by atoms with Crippen LogP contribution in [0, 0.1) is 12.8 Å². The summed E-state index contributed by atoms with van der Waals surface area (Å²) in [5, 5.41) is 6.04. The summed E-state index contributed by atoms with van der Waals surface area (Å²) in [6, 6.07) is 8.33. The zero-order valence-electron chi connectivity index (χ0n) is 13.2. The zero-order chi connectivity index (χ0) is 15.2. The number of nitrogens with one attached hydrogen (secondary N) is 1. The number of benzene rings is 1. The van der Waals surface area contributed by atoms with E-state index in [4.69, 9.17) is 5.73 Å². The molecule has 0 saturated heterocycles. The van der Waals surface area contributed by atoms with Crippen LogP contribution in [0.1, 0.15) is 17.5 Å². The lowest BCUT2D eigenvalue weighted by Crippen LogP contribution is -2.34. The van der Waals surface area contributed by atoms with Crippen LogP contribution < -0.4 is 11.1 Å². The van der Waals surface area contributed by atoms with Gasteiger partial charge < -0.3 is 11.1 Å². The summed E-state index contributed by atoms with van der Waals surface area (Å²) in [6.45, 7) is 4.86. The molecule has 0 fully saturated rings. The summed E-state index contributed by atoms with van der Waals surface area (Å²) >= 11 is 1.66. The lowest BCUT2D eigenvalue weighted by Gasteiger charge is -2.09. The van der Waals surface area contributed by atoms with E-state index in [0.29, 0.717) is 13.1 Å². The standard InChI is InChI=1S/C16H21N3OS.2ClH/c1-11(9-17)16(20)18-8-7-13-3-5-14(6-4-13)15-10-21-12(2)19-15;;/h3-6,10-11H,7-9,17H2,1-2H3,(H,18,20);2*1H. The predicted octanol–water partition coefficient (Wildman–Crippen LogP) is 3.22. The van der Waals surface area contributed by atoms with Crippen molar-refractivity contribution in [3.8, 4) is 11.3 Å². The summed E-state index contributed by atoms with van der Waals surface area (Å²) in [5.74, 6) is -0.104. The molecule has 0 saturated carbocycles. The second-order valence-electron chi connectivity index (χ2n) is 5.13. The van der Waals surface area contributed by atoms with Gasteiger partial charge >= 0.3 is 0 Å². The minimum atomic E-state index is -0.125. The number of nitrogens with two attached hydrogens (primary N) is 1. The fourth-order valence-corrected chi connectivity index (χ4v) is 2.57. The Kier molecular flexibility index (Phi) is 10.1. The van der Waals surface area contributed by atoms with E-state index < -0.39 is 0 Å². The molecule has 4 nitrogen and oxygen atoms in total. The first-order valence-corrected chi connectivity index (χ1v) is 7.97. The van der Waals surface area contributed by atoms with Gasteiger partial charge in [-0.1, -0.05) is 31.2 Å². The van der Waals surface area contributed by atoms with Crippen LogP contribution >= 0.6 is 36.2 Å². The highest BCUT2D eigenvalue weighted by molar-refractivity contribution is 7.09. The molecule has 1 aromatic heterocycles. The second kappa shape index (κ2) is 10.6. The number of amides is 1. The number of carbonyl (C=O) groups excluding carboxylic acids is 1. The van der Waals surface area contributed by atoms with E-state index in [2.05, 4.69) is 39.9 Å². The number of thiazole rings is 1. The van der Waals surface area contributed by atoms with Crippen molar-refractivity contribution < 1.29 is 4.79 Å². The predicted molar refractivity (Wildman–Crippen MR) is 102 cm³/mol. The zero-order valence-corrected chi connectivity index (χ0v) is 15.7. The van der Waals surface area contributed by atoms with Crippen LogP contribution in [0.25, 0.3) is 11.3 Å². The van der Waals surface area contributed by atoms with Crippen LogP contribution in [0.2, 0.25) is 0 Å². The number of rotatable bonds is 6. The van der Waals surface area contributed by atoms with Gasteiger partial charge in [-0.2, -0.15) is 0 Å². The lowest BCUT2D eigenvalue weighted by molar-refractivity contribution is -0.124. The van der Waals surface area contributed by atoms with Crippen molar-refractivity contribution in [2.75, 3.05) is 13.1 Å². The Labute approximate surface area is 153 Å². The van der Waals surface area contributed by atoms with Gasteiger partial charge in [0.25, 0.3) is 0 Å². The van der Waals surface area contributed by atoms with Crippen molar-refractivity contribution in [3.05, 3.63) is 40.2 Å². The molecule has 1 amide bonds. The van der Waals surface area contributed by atoms with Crippen molar-refractivity contribution >= 4 is 42.1 Å². The van der Waals surface area contributed by atoms with Crippen molar-refractivity contribution in [2.24, 2.45) is 11.7 Å². The fraction of sp³-hybridized carbons (Fsp3) is 0.375. The monoisotopic (exact) mass is 375 g/mol. The molecule has 1 unspecified atom stereocenters. The summed E-state index contributed by atoms with van der Waals surface area (Å²) in [5.41, 5.74) is 8.81. The molecular formula is C16H23Cl2N3OS. The van der Waals surface area contributed by atoms with Crippen molar-refractivity contribution in [1.82, 2.24) is 10.3 Å². The maximum absolute atomic E-state index is 11.6. The molecule has 3 N–H and O–H groups in total. The first kappa shape index (κ1) is 21.9. The molecule has 2 aromatic rings. The molecule has 1 heterocycles. The molecular weight excluding hydrogens is 353 g/mol. The minimum Gasteiger partial charge on any atom is -0.355 e. The molecule has 1 atom stereocenters. The van der Waals surface area contributed by atoms with Gasteiger partial charge in [-0.3, -0.25) is 4.79 Å². The lowest BCUT2D eigenvalue weighted by atomic mass is 10.1. The van der Waals surface area contributed by atoms with E-state index >= 15 is 0 Å². The van der Waals surface area contributed by atoms with Crippen molar-refractivity contribution in [1.29, 1.82) is 0 Å². The molecule has 0 bridgehead atoms. The van der Waals surface area contributed by atoms with Crippen LogP contribution in [0.15, 0.2) is 29.6 Å². The Balaban J connectivity index is 0.00000242.